The van der Waals surface area contributed by atoms with Crippen molar-refractivity contribution in [2.75, 3.05) is 0 Å². The van der Waals surface area contributed by atoms with Crippen LogP contribution in [0.2, 0.25) is 0 Å². The maximum atomic E-state index is 10.9. The summed E-state index contributed by atoms with van der Waals surface area (Å²) in [5, 5.41) is 21.3. The first-order valence-corrected chi connectivity index (χ1v) is 8.08. The van der Waals surface area contributed by atoms with Gasteiger partial charge in [-0.1, -0.05) is 20.3 Å². The Bertz CT molecular complexity index is 345. The molecule has 0 aromatic rings. The molecule has 2 aliphatic carbocycles. The van der Waals surface area contributed by atoms with Crippen LogP contribution in [0.15, 0.2) is 0 Å². The Labute approximate surface area is 116 Å². The molecule has 1 aliphatic heterocycles. The van der Waals surface area contributed by atoms with E-state index in [2.05, 4.69) is 13.8 Å². The van der Waals surface area contributed by atoms with Crippen LogP contribution in [-0.4, -0.2) is 28.2 Å². The summed E-state index contributed by atoms with van der Waals surface area (Å²) in [6.45, 7) is 4.36. The summed E-state index contributed by atoms with van der Waals surface area (Å²) < 4.78 is 6.03. The SMILES string of the molecule is CCC1CC[C@H]2C3CCCC(O)[C@@]3(C)CC[C@]2(O)O1. The van der Waals surface area contributed by atoms with Gasteiger partial charge in [0.2, 0.25) is 0 Å². The van der Waals surface area contributed by atoms with E-state index in [4.69, 9.17) is 4.74 Å². The van der Waals surface area contributed by atoms with Gasteiger partial charge >= 0.3 is 0 Å². The Balaban J connectivity index is 1.85. The average molecular weight is 268 g/mol. The summed E-state index contributed by atoms with van der Waals surface area (Å²) in [5.74, 6) is -0.267. The van der Waals surface area contributed by atoms with E-state index < -0.39 is 5.79 Å². The van der Waals surface area contributed by atoms with E-state index in [0.29, 0.717) is 12.3 Å². The molecule has 1 heterocycles. The second kappa shape index (κ2) is 4.71. The lowest BCUT2D eigenvalue weighted by molar-refractivity contribution is -0.328. The third-order valence-corrected chi connectivity index (χ3v) is 6.31. The molecule has 0 amide bonds. The molecule has 3 rings (SSSR count). The predicted molar refractivity (Wildman–Crippen MR) is 73.5 cm³/mol. The first kappa shape index (κ1) is 13.8. The van der Waals surface area contributed by atoms with Crippen LogP contribution in [0, 0.1) is 17.3 Å². The zero-order valence-electron chi connectivity index (χ0n) is 12.3. The second-order valence-electron chi connectivity index (χ2n) is 7.24. The minimum atomic E-state index is -0.917. The zero-order valence-corrected chi connectivity index (χ0v) is 12.3. The fourth-order valence-corrected chi connectivity index (χ4v) is 4.97. The average Bonchev–Trinajstić information content (AvgIpc) is 2.40. The van der Waals surface area contributed by atoms with Crippen molar-refractivity contribution in [1.29, 1.82) is 0 Å². The van der Waals surface area contributed by atoms with Crippen LogP contribution in [0.3, 0.4) is 0 Å². The van der Waals surface area contributed by atoms with Crippen molar-refractivity contribution in [2.45, 2.75) is 83.2 Å². The highest BCUT2D eigenvalue weighted by Crippen LogP contribution is 2.58. The zero-order chi connectivity index (χ0) is 13.7. The lowest BCUT2D eigenvalue weighted by Crippen LogP contribution is -2.60. The maximum absolute atomic E-state index is 10.9. The molecule has 3 nitrogen and oxygen atoms in total. The minimum Gasteiger partial charge on any atom is -0.393 e. The molecule has 0 spiro atoms. The maximum Gasteiger partial charge on any atom is 0.168 e. The van der Waals surface area contributed by atoms with Crippen molar-refractivity contribution in [3.8, 4) is 0 Å². The number of hydrogen-bond donors (Lipinski definition) is 2. The fraction of sp³-hybridized carbons (Fsp3) is 1.00. The Kier molecular flexibility index (Phi) is 3.43. The van der Waals surface area contributed by atoms with Crippen LogP contribution in [0.1, 0.15) is 65.2 Å². The molecule has 0 aromatic carbocycles. The Morgan fingerprint density at radius 1 is 1.11 bits per heavy atom. The quantitative estimate of drug-likeness (QED) is 0.769. The van der Waals surface area contributed by atoms with Crippen LogP contribution < -0.4 is 0 Å². The van der Waals surface area contributed by atoms with Gasteiger partial charge in [0.05, 0.1) is 12.2 Å². The van der Waals surface area contributed by atoms with E-state index in [9.17, 15) is 10.2 Å². The second-order valence-corrected chi connectivity index (χ2v) is 7.24. The molecule has 1 saturated heterocycles. The number of aliphatic hydroxyl groups excluding tert-OH is 1. The molecule has 2 saturated carbocycles. The monoisotopic (exact) mass is 268 g/mol. The number of ether oxygens (including phenoxy) is 1. The minimum absolute atomic E-state index is 0.00242. The van der Waals surface area contributed by atoms with Gasteiger partial charge in [0.1, 0.15) is 0 Å². The highest BCUT2D eigenvalue weighted by Gasteiger charge is 2.58. The highest BCUT2D eigenvalue weighted by molar-refractivity contribution is 5.04. The first-order chi connectivity index (χ1) is 8.99. The van der Waals surface area contributed by atoms with E-state index in [1.165, 1.54) is 0 Å². The van der Waals surface area contributed by atoms with Crippen molar-refractivity contribution >= 4 is 0 Å². The number of aliphatic hydroxyl groups is 2. The number of rotatable bonds is 1. The van der Waals surface area contributed by atoms with Crippen LogP contribution in [-0.2, 0) is 4.74 Å². The summed E-state index contributed by atoms with van der Waals surface area (Å²) in [4.78, 5) is 0. The first-order valence-electron chi connectivity index (χ1n) is 8.08. The summed E-state index contributed by atoms with van der Waals surface area (Å²) in [5.41, 5.74) is -0.00242. The molecule has 3 fully saturated rings. The van der Waals surface area contributed by atoms with Gasteiger partial charge in [-0.25, -0.2) is 0 Å². The summed E-state index contributed by atoms with van der Waals surface area (Å²) in [6.07, 6.45) is 7.87. The smallest absolute Gasteiger partial charge is 0.168 e. The standard InChI is InChI=1S/C16H28O3/c1-3-11-7-8-13-12-5-4-6-14(17)15(12,2)9-10-16(13,18)19-11/h11-14,17-18H,3-10H2,1-2H3/t11?,12?,13-,14?,15-,16-/m0/s1. The van der Waals surface area contributed by atoms with Gasteiger partial charge in [-0.05, 0) is 49.9 Å². The molecule has 3 aliphatic rings. The van der Waals surface area contributed by atoms with Crippen molar-refractivity contribution in [3.63, 3.8) is 0 Å². The summed E-state index contributed by atoms with van der Waals surface area (Å²) >= 11 is 0. The Hall–Kier alpha value is -0.120. The molecule has 110 valence electrons. The molecule has 0 aromatic heterocycles. The van der Waals surface area contributed by atoms with Crippen molar-refractivity contribution < 1.29 is 14.9 Å². The van der Waals surface area contributed by atoms with Gasteiger partial charge in [0.25, 0.3) is 0 Å². The van der Waals surface area contributed by atoms with Crippen LogP contribution in [0.25, 0.3) is 0 Å². The van der Waals surface area contributed by atoms with E-state index in [1.54, 1.807) is 0 Å². The largest absolute Gasteiger partial charge is 0.393 e. The van der Waals surface area contributed by atoms with E-state index in [1.807, 2.05) is 0 Å². The molecule has 2 N–H and O–H groups in total. The van der Waals surface area contributed by atoms with Gasteiger partial charge < -0.3 is 14.9 Å². The number of hydrogen-bond acceptors (Lipinski definition) is 3. The van der Waals surface area contributed by atoms with Crippen molar-refractivity contribution in [2.24, 2.45) is 17.3 Å². The van der Waals surface area contributed by atoms with Gasteiger partial charge in [0.15, 0.2) is 5.79 Å². The van der Waals surface area contributed by atoms with E-state index in [-0.39, 0.29) is 23.5 Å². The molecular formula is C16H28O3. The van der Waals surface area contributed by atoms with E-state index >= 15 is 0 Å². The van der Waals surface area contributed by atoms with E-state index in [0.717, 1.165) is 44.9 Å². The third kappa shape index (κ3) is 2.05. The Morgan fingerprint density at radius 3 is 2.63 bits per heavy atom. The molecule has 6 atom stereocenters. The predicted octanol–water partition coefficient (Wildman–Crippen LogP) is 2.84. The van der Waals surface area contributed by atoms with Gasteiger partial charge in [0, 0.05) is 12.3 Å². The molecular weight excluding hydrogens is 240 g/mol. The van der Waals surface area contributed by atoms with Crippen LogP contribution in [0.4, 0.5) is 0 Å². The van der Waals surface area contributed by atoms with Crippen molar-refractivity contribution in [3.05, 3.63) is 0 Å². The molecule has 0 radical (unpaired) electrons. The van der Waals surface area contributed by atoms with Gasteiger partial charge in [-0.15, -0.1) is 0 Å². The highest BCUT2D eigenvalue weighted by atomic mass is 16.6. The fourth-order valence-electron chi connectivity index (χ4n) is 4.97. The van der Waals surface area contributed by atoms with Crippen LogP contribution >= 0.6 is 0 Å². The van der Waals surface area contributed by atoms with Crippen molar-refractivity contribution in [1.82, 2.24) is 0 Å². The lowest BCUT2D eigenvalue weighted by Gasteiger charge is -2.59. The molecule has 19 heavy (non-hydrogen) atoms. The normalized spacial score (nSPS) is 54.3. The van der Waals surface area contributed by atoms with Gasteiger partial charge in [-0.3, -0.25) is 0 Å². The topological polar surface area (TPSA) is 49.7 Å². The van der Waals surface area contributed by atoms with Gasteiger partial charge in [-0.2, -0.15) is 0 Å². The molecule has 0 bridgehead atoms. The molecule has 3 unspecified atom stereocenters. The summed E-state index contributed by atoms with van der Waals surface area (Å²) in [6, 6.07) is 0. The third-order valence-electron chi connectivity index (χ3n) is 6.31. The van der Waals surface area contributed by atoms with Crippen LogP contribution in [0.5, 0.6) is 0 Å². The lowest BCUT2D eigenvalue weighted by atomic mass is 9.52. The Morgan fingerprint density at radius 2 is 1.89 bits per heavy atom. The molecule has 3 heteroatoms. The number of fused-ring (bicyclic) bond motifs is 3. The summed E-state index contributed by atoms with van der Waals surface area (Å²) in [7, 11) is 0.